The molecule has 0 saturated heterocycles. The molecule has 3 fully saturated rings. The van der Waals surface area contributed by atoms with E-state index >= 15 is 0 Å². The summed E-state index contributed by atoms with van der Waals surface area (Å²) in [5.74, 6) is -1.44. The van der Waals surface area contributed by atoms with Gasteiger partial charge in [0.1, 0.15) is 12.6 Å². The summed E-state index contributed by atoms with van der Waals surface area (Å²) in [6.07, 6.45) is 40.5. The molecule has 3 aliphatic rings. The fraction of sp³-hybridized carbons (Fsp3) is 0.861. The van der Waals surface area contributed by atoms with Crippen molar-refractivity contribution < 1.29 is 19.5 Å². The molecule has 3 aliphatic carbocycles. The van der Waals surface area contributed by atoms with Crippen molar-refractivity contribution in [2.24, 2.45) is 11.3 Å². The molecule has 0 radical (unpaired) electrons. The van der Waals surface area contributed by atoms with E-state index in [9.17, 15) is 14.4 Å². The number of carboxylic acids is 1. The molecule has 1 N–H and O–H groups in total. The van der Waals surface area contributed by atoms with E-state index in [-0.39, 0.29) is 5.57 Å². The molecule has 0 aromatic carbocycles. The van der Waals surface area contributed by atoms with Crippen LogP contribution >= 0.6 is 0 Å². The number of carbonyl (C=O) groups excluding carboxylic acids is 2. The Bertz CT molecular complexity index is 583. The summed E-state index contributed by atoms with van der Waals surface area (Å²) in [7, 11) is 0. The SMILES string of the molecule is C1CCCCCCCCC1.C1CCCCCCCCC1.CC(=CC1(C=O)CCCCCCCCC1C=O)C(=O)O. The lowest BCUT2D eigenvalue weighted by molar-refractivity contribution is -0.132. The van der Waals surface area contributed by atoms with Crippen LogP contribution in [0.4, 0.5) is 0 Å². The van der Waals surface area contributed by atoms with E-state index in [4.69, 9.17) is 5.11 Å². The van der Waals surface area contributed by atoms with Gasteiger partial charge in [-0.1, -0.05) is 173 Å². The predicted octanol–water partition coefficient (Wildman–Crippen LogP) is 11.0. The van der Waals surface area contributed by atoms with Gasteiger partial charge in [0.25, 0.3) is 0 Å². The van der Waals surface area contributed by atoms with Gasteiger partial charge in [-0.05, 0) is 19.8 Å². The second kappa shape index (κ2) is 25.3. The van der Waals surface area contributed by atoms with Crippen LogP contribution in [-0.2, 0) is 14.4 Å². The number of carbonyl (C=O) groups is 3. The summed E-state index contributed by atoms with van der Waals surface area (Å²) in [5.41, 5.74) is -0.803. The van der Waals surface area contributed by atoms with Crippen LogP contribution in [0.5, 0.6) is 0 Å². The zero-order chi connectivity index (χ0) is 29.2. The van der Waals surface area contributed by atoms with Crippen LogP contribution in [0.2, 0.25) is 0 Å². The molecule has 0 aliphatic heterocycles. The smallest absolute Gasteiger partial charge is 0.330 e. The lowest BCUT2D eigenvalue weighted by Gasteiger charge is -2.31. The number of hydrogen-bond acceptors (Lipinski definition) is 3. The van der Waals surface area contributed by atoms with E-state index in [1.807, 2.05) is 0 Å². The molecule has 3 rings (SSSR count). The van der Waals surface area contributed by atoms with Gasteiger partial charge < -0.3 is 14.7 Å². The van der Waals surface area contributed by atoms with Crippen LogP contribution in [-0.4, -0.2) is 23.6 Å². The molecule has 0 aromatic rings. The van der Waals surface area contributed by atoms with Gasteiger partial charge in [-0.3, -0.25) is 0 Å². The third kappa shape index (κ3) is 18.1. The third-order valence-electron chi connectivity index (χ3n) is 9.27. The number of hydrogen-bond donors (Lipinski definition) is 1. The molecular weight excluding hydrogens is 496 g/mol. The summed E-state index contributed by atoms with van der Waals surface area (Å²) in [6.45, 7) is 1.48. The molecule has 2 atom stereocenters. The Labute approximate surface area is 247 Å². The summed E-state index contributed by atoms with van der Waals surface area (Å²) >= 11 is 0. The van der Waals surface area contributed by atoms with E-state index in [0.29, 0.717) is 12.8 Å². The number of aliphatic carboxylic acids is 1. The Balaban J connectivity index is 0.000000333. The highest BCUT2D eigenvalue weighted by atomic mass is 16.4. The summed E-state index contributed by atoms with van der Waals surface area (Å²) in [6, 6.07) is 0. The third-order valence-corrected chi connectivity index (χ3v) is 9.27. The molecule has 0 bridgehead atoms. The zero-order valence-corrected chi connectivity index (χ0v) is 26.3. The van der Waals surface area contributed by atoms with E-state index in [1.165, 1.54) is 148 Å². The molecule has 4 nitrogen and oxygen atoms in total. The summed E-state index contributed by atoms with van der Waals surface area (Å²) in [4.78, 5) is 34.1. The zero-order valence-electron chi connectivity index (χ0n) is 26.3. The molecule has 40 heavy (non-hydrogen) atoms. The van der Waals surface area contributed by atoms with Crippen molar-refractivity contribution in [1.82, 2.24) is 0 Å². The highest BCUT2D eigenvalue weighted by Crippen LogP contribution is 2.38. The quantitative estimate of drug-likeness (QED) is 0.274. The van der Waals surface area contributed by atoms with Crippen LogP contribution in [0.1, 0.15) is 187 Å². The average Bonchev–Trinajstić information content (AvgIpc) is 2.98. The van der Waals surface area contributed by atoms with Crippen LogP contribution in [0.3, 0.4) is 0 Å². The second-order valence-corrected chi connectivity index (χ2v) is 12.8. The Kier molecular flexibility index (Phi) is 23.1. The molecule has 2 unspecified atom stereocenters. The fourth-order valence-corrected chi connectivity index (χ4v) is 6.51. The minimum atomic E-state index is -1.03. The Morgan fingerprint density at radius 3 is 1.12 bits per heavy atom. The van der Waals surface area contributed by atoms with Crippen LogP contribution < -0.4 is 0 Å². The fourth-order valence-electron chi connectivity index (χ4n) is 6.51. The van der Waals surface area contributed by atoms with E-state index in [1.54, 1.807) is 0 Å². The predicted molar refractivity (Wildman–Crippen MR) is 169 cm³/mol. The van der Waals surface area contributed by atoms with Crippen molar-refractivity contribution in [3.05, 3.63) is 11.6 Å². The summed E-state index contributed by atoms with van der Waals surface area (Å²) in [5, 5.41) is 9.04. The van der Waals surface area contributed by atoms with Crippen LogP contribution in [0.15, 0.2) is 11.6 Å². The van der Waals surface area contributed by atoms with Crippen molar-refractivity contribution in [2.45, 2.75) is 187 Å². The Morgan fingerprint density at radius 2 is 0.850 bits per heavy atom. The van der Waals surface area contributed by atoms with Crippen LogP contribution in [0, 0.1) is 11.3 Å². The first-order valence-electron chi connectivity index (χ1n) is 17.4. The van der Waals surface area contributed by atoms with Gasteiger partial charge >= 0.3 is 5.97 Å². The maximum atomic E-state index is 11.7. The number of rotatable bonds is 4. The first kappa shape index (κ1) is 36.6. The van der Waals surface area contributed by atoms with Crippen molar-refractivity contribution in [1.29, 1.82) is 0 Å². The number of aldehydes is 2. The van der Waals surface area contributed by atoms with Gasteiger partial charge in [0.2, 0.25) is 0 Å². The molecule has 4 heteroatoms. The molecule has 0 amide bonds. The normalized spacial score (nSPS) is 26.7. The van der Waals surface area contributed by atoms with Gasteiger partial charge in [-0.2, -0.15) is 0 Å². The first-order chi connectivity index (χ1) is 19.6. The van der Waals surface area contributed by atoms with Gasteiger partial charge in [0, 0.05) is 11.5 Å². The molecule has 0 aromatic heterocycles. The molecule has 232 valence electrons. The van der Waals surface area contributed by atoms with Gasteiger partial charge in [-0.25, -0.2) is 4.79 Å². The van der Waals surface area contributed by atoms with Crippen molar-refractivity contribution in [2.75, 3.05) is 0 Å². The topological polar surface area (TPSA) is 71.4 Å². The minimum absolute atomic E-state index is 0.140. The van der Waals surface area contributed by atoms with Gasteiger partial charge in [-0.15, -0.1) is 0 Å². The monoisotopic (exact) mass is 560 g/mol. The highest BCUT2D eigenvalue weighted by Gasteiger charge is 2.37. The largest absolute Gasteiger partial charge is 0.478 e. The van der Waals surface area contributed by atoms with Crippen molar-refractivity contribution >= 4 is 18.5 Å². The Morgan fingerprint density at radius 1 is 0.550 bits per heavy atom. The van der Waals surface area contributed by atoms with Crippen LogP contribution in [0.25, 0.3) is 0 Å². The molecule has 0 spiro atoms. The maximum Gasteiger partial charge on any atom is 0.330 e. The number of carboxylic acid groups (broad SMARTS) is 1. The standard InChI is InChI=1S/C16H24O4.2C10H20/c1-13(15(19)20)10-16(12-18)9-7-5-3-2-4-6-8-14(16)11-17;2*1-2-4-6-8-10-9-7-5-3-1/h10-12,14H,2-9H2,1H3,(H,19,20);2*1-10H2. The average molecular weight is 561 g/mol. The van der Waals surface area contributed by atoms with E-state index in [2.05, 4.69) is 0 Å². The molecule has 0 heterocycles. The van der Waals surface area contributed by atoms with Gasteiger partial charge in [0.05, 0.1) is 5.41 Å². The van der Waals surface area contributed by atoms with E-state index < -0.39 is 17.3 Å². The minimum Gasteiger partial charge on any atom is -0.478 e. The van der Waals surface area contributed by atoms with Crippen molar-refractivity contribution in [3.8, 4) is 0 Å². The Hall–Kier alpha value is -1.45. The summed E-state index contributed by atoms with van der Waals surface area (Å²) < 4.78 is 0. The number of allylic oxidation sites excluding steroid dienone is 1. The second-order valence-electron chi connectivity index (χ2n) is 12.8. The molecular formula is C36H64O4. The van der Waals surface area contributed by atoms with Crippen molar-refractivity contribution in [3.63, 3.8) is 0 Å². The highest BCUT2D eigenvalue weighted by molar-refractivity contribution is 5.87. The van der Waals surface area contributed by atoms with Gasteiger partial charge in [0.15, 0.2) is 0 Å². The lowest BCUT2D eigenvalue weighted by atomic mass is 9.70. The lowest BCUT2D eigenvalue weighted by Crippen LogP contribution is -2.33. The van der Waals surface area contributed by atoms with E-state index in [0.717, 1.165) is 44.7 Å². The maximum absolute atomic E-state index is 11.7. The first-order valence-corrected chi connectivity index (χ1v) is 17.4. The molecule has 3 saturated carbocycles.